The standard InChI is InChI=1S/C10H13N3/c1-2-7(11)8-3-4-9-10(13-8)5-6-12-9/h3-7,12H,2,11H2,1H3/t7-/m0/s1. The van der Waals surface area contributed by atoms with Gasteiger partial charge in [0.1, 0.15) is 0 Å². The molecule has 68 valence electrons. The molecular formula is C10H13N3. The quantitative estimate of drug-likeness (QED) is 0.733. The van der Waals surface area contributed by atoms with Gasteiger partial charge in [0.15, 0.2) is 0 Å². The van der Waals surface area contributed by atoms with Crippen molar-refractivity contribution in [3.63, 3.8) is 0 Å². The zero-order valence-electron chi connectivity index (χ0n) is 7.62. The Labute approximate surface area is 77.0 Å². The lowest BCUT2D eigenvalue weighted by Gasteiger charge is -2.07. The molecule has 0 amide bonds. The fraction of sp³-hybridized carbons (Fsp3) is 0.300. The first-order valence-electron chi connectivity index (χ1n) is 4.51. The van der Waals surface area contributed by atoms with Gasteiger partial charge < -0.3 is 10.7 Å². The van der Waals surface area contributed by atoms with Crippen molar-refractivity contribution in [2.24, 2.45) is 5.73 Å². The van der Waals surface area contributed by atoms with Gasteiger partial charge in [-0.25, -0.2) is 4.98 Å². The van der Waals surface area contributed by atoms with Crippen LogP contribution in [0.25, 0.3) is 11.0 Å². The van der Waals surface area contributed by atoms with E-state index < -0.39 is 0 Å². The summed E-state index contributed by atoms with van der Waals surface area (Å²) in [6.45, 7) is 2.06. The Morgan fingerprint density at radius 3 is 3.08 bits per heavy atom. The summed E-state index contributed by atoms with van der Waals surface area (Å²) in [5, 5.41) is 0. The first kappa shape index (κ1) is 8.26. The van der Waals surface area contributed by atoms with Crippen LogP contribution in [0.2, 0.25) is 0 Å². The molecule has 0 spiro atoms. The van der Waals surface area contributed by atoms with Crippen molar-refractivity contribution in [3.8, 4) is 0 Å². The average Bonchev–Trinajstić information content (AvgIpc) is 2.63. The largest absolute Gasteiger partial charge is 0.360 e. The van der Waals surface area contributed by atoms with Gasteiger partial charge in [-0.3, -0.25) is 0 Å². The number of pyridine rings is 1. The number of hydrogen-bond donors (Lipinski definition) is 2. The lowest BCUT2D eigenvalue weighted by Crippen LogP contribution is -2.10. The summed E-state index contributed by atoms with van der Waals surface area (Å²) in [5.41, 5.74) is 8.90. The molecule has 2 aromatic heterocycles. The van der Waals surface area contributed by atoms with Crippen LogP contribution in [0, 0.1) is 0 Å². The second-order valence-corrected chi connectivity index (χ2v) is 3.16. The molecular weight excluding hydrogens is 162 g/mol. The molecule has 3 heteroatoms. The number of aromatic amines is 1. The zero-order chi connectivity index (χ0) is 9.26. The molecule has 0 saturated heterocycles. The molecule has 0 radical (unpaired) electrons. The van der Waals surface area contributed by atoms with Gasteiger partial charge in [0.05, 0.1) is 16.7 Å². The molecule has 2 heterocycles. The molecule has 0 aromatic carbocycles. The number of hydrogen-bond acceptors (Lipinski definition) is 2. The number of nitrogens with zero attached hydrogens (tertiary/aromatic N) is 1. The molecule has 1 atom stereocenters. The fourth-order valence-electron chi connectivity index (χ4n) is 1.37. The third-order valence-electron chi connectivity index (χ3n) is 2.25. The molecule has 0 aliphatic heterocycles. The highest BCUT2D eigenvalue weighted by Crippen LogP contribution is 2.15. The van der Waals surface area contributed by atoms with Crippen molar-refractivity contribution in [2.75, 3.05) is 0 Å². The molecule has 2 rings (SSSR count). The number of aromatic nitrogens is 2. The Morgan fingerprint density at radius 1 is 1.46 bits per heavy atom. The van der Waals surface area contributed by atoms with Crippen LogP contribution < -0.4 is 5.73 Å². The summed E-state index contributed by atoms with van der Waals surface area (Å²) < 4.78 is 0. The molecule has 0 aliphatic carbocycles. The van der Waals surface area contributed by atoms with Crippen molar-refractivity contribution < 1.29 is 0 Å². The number of rotatable bonds is 2. The van der Waals surface area contributed by atoms with Gasteiger partial charge >= 0.3 is 0 Å². The van der Waals surface area contributed by atoms with E-state index in [1.165, 1.54) is 0 Å². The van der Waals surface area contributed by atoms with Crippen LogP contribution in [0.4, 0.5) is 0 Å². The van der Waals surface area contributed by atoms with Crippen LogP contribution in [-0.4, -0.2) is 9.97 Å². The monoisotopic (exact) mass is 175 g/mol. The van der Waals surface area contributed by atoms with Crippen molar-refractivity contribution in [3.05, 3.63) is 30.1 Å². The number of H-pyrrole nitrogens is 1. The van der Waals surface area contributed by atoms with E-state index in [1.807, 2.05) is 24.4 Å². The number of nitrogens with two attached hydrogens (primary N) is 1. The second-order valence-electron chi connectivity index (χ2n) is 3.16. The molecule has 0 aliphatic rings. The predicted molar refractivity (Wildman–Crippen MR) is 53.3 cm³/mol. The molecule has 0 saturated carbocycles. The van der Waals surface area contributed by atoms with E-state index in [9.17, 15) is 0 Å². The molecule has 2 aromatic rings. The first-order chi connectivity index (χ1) is 6.31. The molecule has 13 heavy (non-hydrogen) atoms. The van der Waals surface area contributed by atoms with Crippen molar-refractivity contribution in [1.29, 1.82) is 0 Å². The summed E-state index contributed by atoms with van der Waals surface area (Å²) >= 11 is 0. The molecule has 0 unspecified atom stereocenters. The third-order valence-corrected chi connectivity index (χ3v) is 2.25. The van der Waals surface area contributed by atoms with Crippen LogP contribution >= 0.6 is 0 Å². The van der Waals surface area contributed by atoms with E-state index in [-0.39, 0.29) is 6.04 Å². The van der Waals surface area contributed by atoms with Crippen LogP contribution in [0.3, 0.4) is 0 Å². The highest BCUT2D eigenvalue weighted by molar-refractivity contribution is 5.74. The minimum absolute atomic E-state index is 0.0549. The van der Waals surface area contributed by atoms with Crippen molar-refractivity contribution in [1.82, 2.24) is 9.97 Å². The number of fused-ring (bicyclic) bond motifs is 1. The summed E-state index contributed by atoms with van der Waals surface area (Å²) in [7, 11) is 0. The van der Waals surface area contributed by atoms with Crippen LogP contribution in [0.5, 0.6) is 0 Å². The third kappa shape index (κ3) is 1.42. The average molecular weight is 175 g/mol. The van der Waals surface area contributed by atoms with E-state index in [1.54, 1.807) is 0 Å². The zero-order valence-corrected chi connectivity index (χ0v) is 7.62. The van der Waals surface area contributed by atoms with Gasteiger partial charge in [-0.2, -0.15) is 0 Å². The van der Waals surface area contributed by atoms with Gasteiger partial charge in [-0.05, 0) is 24.6 Å². The summed E-state index contributed by atoms with van der Waals surface area (Å²) in [6, 6.07) is 6.01. The highest BCUT2D eigenvalue weighted by Gasteiger charge is 2.05. The minimum atomic E-state index is 0.0549. The fourth-order valence-corrected chi connectivity index (χ4v) is 1.37. The van der Waals surface area contributed by atoms with Gasteiger partial charge in [0.2, 0.25) is 0 Å². The van der Waals surface area contributed by atoms with Crippen molar-refractivity contribution in [2.45, 2.75) is 19.4 Å². The predicted octanol–water partition coefficient (Wildman–Crippen LogP) is 1.97. The second kappa shape index (κ2) is 3.18. The minimum Gasteiger partial charge on any atom is -0.360 e. The van der Waals surface area contributed by atoms with E-state index in [0.717, 1.165) is 23.1 Å². The van der Waals surface area contributed by atoms with Gasteiger partial charge in [0, 0.05) is 12.2 Å². The lowest BCUT2D eigenvalue weighted by atomic mass is 10.1. The maximum absolute atomic E-state index is 5.88. The molecule has 3 nitrogen and oxygen atoms in total. The van der Waals surface area contributed by atoms with Crippen molar-refractivity contribution >= 4 is 11.0 Å². The topological polar surface area (TPSA) is 54.7 Å². The maximum atomic E-state index is 5.88. The Kier molecular flexibility index (Phi) is 2.02. The highest BCUT2D eigenvalue weighted by atomic mass is 14.8. The van der Waals surface area contributed by atoms with Crippen LogP contribution in [-0.2, 0) is 0 Å². The summed E-state index contributed by atoms with van der Waals surface area (Å²) in [5.74, 6) is 0. The van der Waals surface area contributed by atoms with E-state index >= 15 is 0 Å². The Bertz CT molecular complexity index is 405. The van der Waals surface area contributed by atoms with E-state index in [2.05, 4.69) is 16.9 Å². The Hall–Kier alpha value is -1.35. The smallest absolute Gasteiger partial charge is 0.0882 e. The Morgan fingerprint density at radius 2 is 2.31 bits per heavy atom. The Balaban J connectivity index is 2.48. The van der Waals surface area contributed by atoms with Gasteiger partial charge in [-0.15, -0.1) is 0 Å². The SMILES string of the molecule is CC[C@H](N)c1ccc2[nH]ccc2n1. The molecule has 3 N–H and O–H groups in total. The van der Waals surface area contributed by atoms with Gasteiger partial charge in [-0.1, -0.05) is 6.92 Å². The summed E-state index contributed by atoms with van der Waals surface area (Å²) in [6.07, 6.45) is 2.81. The lowest BCUT2D eigenvalue weighted by molar-refractivity contribution is 0.679. The van der Waals surface area contributed by atoms with E-state index in [4.69, 9.17) is 5.73 Å². The molecule has 0 fully saturated rings. The van der Waals surface area contributed by atoms with Crippen LogP contribution in [0.1, 0.15) is 25.1 Å². The summed E-state index contributed by atoms with van der Waals surface area (Å²) in [4.78, 5) is 7.55. The number of nitrogens with one attached hydrogen (secondary N) is 1. The first-order valence-corrected chi connectivity index (χ1v) is 4.51. The molecule has 0 bridgehead atoms. The maximum Gasteiger partial charge on any atom is 0.0882 e. The normalized spacial score (nSPS) is 13.4. The van der Waals surface area contributed by atoms with Gasteiger partial charge in [0.25, 0.3) is 0 Å². The van der Waals surface area contributed by atoms with Crippen LogP contribution in [0.15, 0.2) is 24.4 Å². The van der Waals surface area contributed by atoms with E-state index in [0.29, 0.717) is 0 Å².